The minimum Gasteiger partial charge on any atom is -0.439 e. The smallest absolute Gasteiger partial charge is 0.224 e. The maximum Gasteiger partial charge on any atom is 0.224 e. The molecule has 18 heavy (non-hydrogen) atoms. The van der Waals surface area contributed by atoms with Crippen molar-refractivity contribution in [2.75, 3.05) is 11.9 Å². The minimum atomic E-state index is -0.282. The molecule has 2 aromatic rings. The van der Waals surface area contributed by atoms with E-state index in [1.807, 2.05) is 6.92 Å². The number of hydrogen-bond donors (Lipinski definition) is 1. The first-order valence-electron chi connectivity index (χ1n) is 5.69. The molecule has 0 aliphatic carbocycles. The molecular weight excluding hydrogens is 233 g/mol. The molecule has 0 unspecified atom stereocenters. The molecule has 0 spiro atoms. The van der Waals surface area contributed by atoms with Crippen molar-refractivity contribution in [1.82, 2.24) is 9.97 Å². The molecule has 1 heterocycles. The van der Waals surface area contributed by atoms with E-state index in [0.29, 0.717) is 17.4 Å². The van der Waals surface area contributed by atoms with Crippen molar-refractivity contribution >= 4 is 5.82 Å². The van der Waals surface area contributed by atoms with Gasteiger partial charge in [-0.2, -0.15) is 0 Å². The van der Waals surface area contributed by atoms with Crippen molar-refractivity contribution in [3.63, 3.8) is 0 Å². The Morgan fingerprint density at radius 1 is 1.28 bits per heavy atom. The maximum atomic E-state index is 13.0. The topological polar surface area (TPSA) is 47.0 Å². The highest BCUT2D eigenvalue weighted by Crippen LogP contribution is 2.24. The van der Waals surface area contributed by atoms with Gasteiger partial charge in [-0.3, -0.25) is 0 Å². The Balaban J connectivity index is 2.20. The number of benzene rings is 1. The van der Waals surface area contributed by atoms with Gasteiger partial charge in [0.25, 0.3) is 0 Å². The first kappa shape index (κ1) is 12.3. The number of ether oxygens (including phenoxy) is 1. The van der Waals surface area contributed by atoms with Crippen LogP contribution in [-0.4, -0.2) is 16.5 Å². The van der Waals surface area contributed by atoms with Crippen LogP contribution in [0.4, 0.5) is 10.2 Å². The van der Waals surface area contributed by atoms with Gasteiger partial charge in [0.05, 0.1) is 0 Å². The van der Waals surface area contributed by atoms with Crippen LogP contribution in [0.5, 0.6) is 11.6 Å². The highest BCUT2D eigenvalue weighted by atomic mass is 19.1. The lowest BCUT2D eigenvalue weighted by Crippen LogP contribution is -2.00. The Morgan fingerprint density at radius 2 is 2.11 bits per heavy atom. The second-order valence-electron chi connectivity index (χ2n) is 3.78. The van der Waals surface area contributed by atoms with Crippen molar-refractivity contribution < 1.29 is 9.13 Å². The average molecular weight is 247 g/mol. The number of hydrogen-bond acceptors (Lipinski definition) is 4. The molecule has 1 aromatic carbocycles. The highest BCUT2D eigenvalue weighted by molar-refractivity contribution is 5.40. The normalized spacial score (nSPS) is 10.2. The van der Waals surface area contributed by atoms with Crippen LogP contribution in [0, 0.1) is 12.7 Å². The molecule has 0 saturated heterocycles. The van der Waals surface area contributed by atoms with Crippen LogP contribution >= 0.6 is 0 Å². The van der Waals surface area contributed by atoms with Gasteiger partial charge in [-0.25, -0.2) is 14.4 Å². The lowest BCUT2D eigenvalue weighted by molar-refractivity contribution is 0.456. The van der Waals surface area contributed by atoms with Gasteiger partial charge >= 0.3 is 0 Å². The summed E-state index contributed by atoms with van der Waals surface area (Å²) in [5.74, 6) is 1.42. The predicted molar refractivity (Wildman–Crippen MR) is 67.4 cm³/mol. The van der Waals surface area contributed by atoms with Crippen molar-refractivity contribution in [3.05, 3.63) is 42.0 Å². The van der Waals surface area contributed by atoms with Gasteiger partial charge in [0, 0.05) is 12.6 Å². The van der Waals surface area contributed by atoms with E-state index in [9.17, 15) is 4.39 Å². The van der Waals surface area contributed by atoms with Gasteiger partial charge in [-0.1, -0.05) is 0 Å². The average Bonchev–Trinajstić information content (AvgIpc) is 2.34. The highest BCUT2D eigenvalue weighted by Gasteiger charge is 2.04. The molecule has 1 aromatic heterocycles. The van der Waals surface area contributed by atoms with E-state index >= 15 is 0 Å². The number of aromatic nitrogens is 2. The molecule has 2 rings (SSSR count). The molecule has 0 fully saturated rings. The standard InChI is InChI=1S/C13H14FN3O/c1-3-15-12-7-13(17-8-16-12)18-11-5-4-10(14)6-9(11)2/h4-8H,3H2,1-2H3,(H,15,16,17). The molecule has 4 nitrogen and oxygen atoms in total. The molecule has 0 aliphatic rings. The predicted octanol–water partition coefficient (Wildman–Crippen LogP) is 3.15. The Hall–Kier alpha value is -2.17. The van der Waals surface area contributed by atoms with Crippen LogP contribution in [0.2, 0.25) is 0 Å². The molecule has 5 heteroatoms. The fourth-order valence-electron chi connectivity index (χ4n) is 1.51. The van der Waals surface area contributed by atoms with Gasteiger partial charge in [-0.15, -0.1) is 0 Å². The number of nitrogens with zero attached hydrogens (tertiary/aromatic N) is 2. The molecule has 1 N–H and O–H groups in total. The molecule has 0 aliphatic heterocycles. The minimum absolute atomic E-state index is 0.282. The second kappa shape index (κ2) is 5.44. The fourth-order valence-corrected chi connectivity index (χ4v) is 1.51. The number of nitrogens with one attached hydrogen (secondary N) is 1. The van der Waals surface area contributed by atoms with Crippen molar-refractivity contribution in [3.8, 4) is 11.6 Å². The Labute approximate surface area is 105 Å². The van der Waals surface area contributed by atoms with E-state index in [-0.39, 0.29) is 5.82 Å². The summed E-state index contributed by atoms with van der Waals surface area (Å²) >= 11 is 0. The quantitative estimate of drug-likeness (QED) is 0.901. The Morgan fingerprint density at radius 3 is 2.83 bits per heavy atom. The summed E-state index contributed by atoms with van der Waals surface area (Å²) in [5, 5.41) is 3.07. The van der Waals surface area contributed by atoms with Crippen LogP contribution in [0.15, 0.2) is 30.6 Å². The van der Waals surface area contributed by atoms with E-state index in [2.05, 4.69) is 15.3 Å². The van der Waals surface area contributed by atoms with E-state index < -0.39 is 0 Å². The summed E-state index contributed by atoms with van der Waals surface area (Å²) in [7, 11) is 0. The van der Waals surface area contributed by atoms with Crippen molar-refractivity contribution in [2.45, 2.75) is 13.8 Å². The van der Waals surface area contributed by atoms with Gasteiger partial charge in [0.1, 0.15) is 23.7 Å². The lowest BCUT2D eigenvalue weighted by atomic mass is 10.2. The summed E-state index contributed by atoms with van der Waals surface area (Å²) in [6.07, 6.45) is 1.42. The van der Waals surface area contributed by atoms with Crippen molar-refractivity contribution in [2.24, 2.45) is 0 Å². The molecule has 0 atom stereocenters. The lowest BCUT2D eigenvalue weighted by Gasteiger charge is -2.08. The molecule has 94 valence electrons. The molecular formula is C13H14FN3O. The summed E-state index contributed by atoms with van der Waals surface area (Å²) in [5.41, 5.74) is 0.721. The zero-order valence-corrected chi connectivity index (χ0v) is 10.3. The summed E-state index contributed by atoms with van der Waals surface area (Å²) in [6.45, 7) is 4.53. The number of anilines is 1. The van der Waals surface area contributed by atoms with Crippen LogP contribution in [0.3, 0.4) is 0 Å². The SMILES string of the molecule is CCNc1cc(Oc2ccc(F)cc2C)ncn1. The second-order valence-corrected chi connectivity index (χ2v) is 3.78. The summed E-state index contributed by atoms with van der Waals surface area (Å²) in [4.78, 5) is 8.06. The van der Waals surface area contributed by atoms with Crippen LogP contribution in [0.25, 0.3) is 0 Å². The van der Waals surface area contributed by atoms with E-state index in [4.69, 9.17) is 4.74 Å². The van der Waals surface area contributed by atoms with Crippen LogP contribution in [-0.2, 0) is 0 Å². The van der Waals surface area contributed by atoms with Crippen molar-refractivity contribution in [1.29, 1.82) is 0 Å². The summed E-state index contributed by atoms with van der Waals surface area (Å²) in [6, 6.07) is 6.06. The van der Waals surface area contributed by atoms with Crippen LogP contribution in [0.1, 0.15) is 12.5 Å². The first-order chi connectivity index (χ1) is 8.69. The van der Waals surface area contributed by atoms with Gasteiger partial charge < -0.3 is 10.1 Å². The Kier molecular flexibility index (Phi) is 3.72. The fraction of sp³-hybridized carbons (Fsp3) is 0.231. The molecule has 0 amide bonds. The van der Waals surface area contributed by atoms with Gasteiger partial charge in [0.2, 0.25) is 5.88 Å². The monoisotopic (exact) mass is 247 g/mol. The first-order valence-corrected chi connectivity index (χ1v) is 5.69. The molecule has 0 bridgehead atoms. The van der Waals surface area contributed by atoms with E-state index in [1.54, 1.807) is 19.1 Å². The molecule has 0 radical (unpaired) electrons. The number of rotatable bonds is 4. The van der Waals surface area contributed by atoms with E-state index in [0.717, 1.165) is 12.1 Å². The molecule has 0 saturated carbocycles. The number of aryl methyl sites for hydroxylation is 1. The largest absolute Gasteiger partial charge is 0.439 e. The van der Waals surface area contributed by atoms with Gasteiger partial charge in [-0.05, 0) is 37.6 Å². The number of halogens is 1. The maximum absolute atomic E-state index is 13.0. The summed E-state index contributed by atoms with van der Waals surface area (Å²) < 4.78 is 18.6. The zero-order valence-electron chi connectivity index (χ0n) is 10.3. The van der Waals surface area contributed by atoms with Gasteiger partial charge in [0.15, 0.2) is 0 Å². The third kappa shape index (κ3) is 2.94. The Bertz CT molecular complexity index is 546. The third-order valence-electron chi connectivity index (χ3n) is 2.35. The van der Waals surface area contributed by atoms with Crippen LogP contribution < -0.4 is 10.1 Å². The van der Waals surface area contributed by atoms with E-state index in [1.165, 1.54) is 18.5 Å². The third-order valence-corrected chi connectivity index (χ3v) is 2.35. The zero-order chi connectivity index (χ0) is 13.0.